The first-order chi connectivity index (χ1) is 15.6. The van der Waals surface area contributed by atoms with Gasteiger partial charge >= 0.3 is 0 Å². The quantitative estimate of drug-likeness (QED) is 0.472. The number of hydrogen-bond acceptors (Lipinski definition) is 5. The van der Waals surface area contributed by atoms with Crippen molar-refractivity contribution >= 4 is 22.7 Å². The molecule has 0 bridgehead atoms. The number of methoxy groups -OCH3 is 1. The Kier molecular flexibility index (Phi) is 5.07. The summed E-state index contributed by atoms with van der Waals surface area (Å²) in [5.41, 5.74) is 4.31. The van der Waals surface area contributed by atoms with Crippen molar-refractivity contribution in [2.45, 2.75) is 12.5 Å². The van der Waals surface area contributed by atoms with Gasteiger partial charge in [-0.3, -0.25) is 14.8 Å². The Hall–Kier alpha value is -4.13. The van der Waals surface area contributed by atoms with E-state index >= 15 is 0 Å². The second-order valence-corrected chi connectivity index (χ2v) is 7.43. The van der Waals surface area contributed by atoms with E-state index in [1.807, 2.05) is 42.5 Å². The number of halogens is 1. The summed E-state index contributed by atoms with van der Waals surface area (Å²) in [6.45, 7) is 0. The van der Waals surface area contributed by atoms with Gasteiger partial charge in [-0.2, -0.15) is 5.10 Å². The zero-order valence-corrected chi connectivity index (χ0v) is 17.3. The van der Waals surface area contributed by atoms with E-state index in [1.54, 1.807) is 19.5 Å². The Morgan fingerprint density at radius 2 is 1.81 bits per heavy atom. The van der Waals surface area contributed by atoms with Crippen LogP contribution in [0.5, 0.6) is 5.75 Å². The summed E-state index contributed by atoms with van der Waals surface area (Å²) in [6, 6.07) is 18.4. The van der Waals surface area contributed by atoms with E-state index in [0.29, 0.717) is 17.7 Å². The Labute approximate surface area is 184 Å². The summed E-state index contributed by atoms with van der Waals surface area (Å²) < 4.78 is 18.8. The van der Waals surface area contributed by atoms with Crippen LogP contribution in [0.15, 0.2) is 84.2 Å². The van der Waals surface area contributed by atoms with Gasteiger partial charge in [0.1, 0.15) is 11.6 Å². The fourth-order valence-electron chi connectivity index (χ4n) is 3.93. The molecule has 0 saturated heterocycles. The SMILES string of the molecule is COc1cccc(C2=NN(C(=O)c3ccc(F)cc3)C(c3cccc4nccnc34)C2)c1. The zero-order chi connectivity index (χ0) is 22.1. The summed E-state index contributed by atoms with van der Waals surface area (Å²) in [4.78, 5) is 22.3. The van der Waals surface area contributed by atoms with E-state index in [4.69, 9.17) is 9.84 Å². The van der Waals surface area contributed by atoms with Gasteiger partial charge in [-0.15, -0.1) is 0 Å². The van der Waals surface area contributed by atoms with Gasteiger partial charge in [-0.05, 0) is 42.5 Å². The lowest BCUT2D eigenvalue weighted by molar-refractivity contribution is 0.0712. The van der Waals surface area contributed by atoms with Crippen LogP contribution in [0.4, 0.5) is 4.39 Å². The molecule has 5 rings (SSSR count). The van der Waals surface area contributed by atoms with Gasteiger partial charge in [-0.1, -0.05) is 24.3 Å². The molecule has 158 valence electrons. The highest BCUT2D eigenvalue weighted by Crippen LogP contribution is 2.36. The normalized spacial score (nSPS) is 15.6. The highest BCUT2D eigenvalue weighted by Gasteiger charge is 2.35. The Bertz CT molecular complexity index is 1330. The smallest absolute Gasteiger partial charge is 0.274 e. The van der Waals surface area contributed by atoms with E-state index < -0.39 is 5.82 Å². The van der Waals surface area contributed by atoms with Crippen molar-refractivity contribution in [2.75, 3.05) is 7.11 Å². The van der Waals surface area contributed by atoms with Gasteiger partial charge in [0.2, 0.25) is 0 Å². The summed E-state index contributed by atoms with van der Waals surface area (Å²) in [6.07, 6.45) is 3.77. The minimum atomic E-state index is -0.399. The predicted molar refractivity (Wildman–Crippen MR) is 119 cm³/mol. The van der Waals surface area contributed by atoms with Crippen molar-refractivity contribution in [1.29, 1.82) is 0 Å². The maximum Gasteiger partial charge on any atom is 0.274 e. The number of ether oxygens (including phenoxy) is 1. The van der Waals surface area contributed by atoms with Crippen LogP contribution < -0.4 is 4.74 Å². The second-order valence-electron chi connectivity index (χ2n) is 7.43. The zero-order valence-electron chi connectivity index (χ0n) is 17.3. The number of carbonyl (C=O) groups is 1. The average Bonchev–Trinajstić information content (AvgIpc) is 3.29. The molecule has 1 unspecified atom stereocenters. The first kappa shape index (κ1) is 19.8. The third-order valence-corrected chi connectivity index (χ3v) is 5.50. The van der Waals surface area contributed by atoms with Crippen LogP contribution in [-0.4, -0.2) is 33.7 Å². The van der Waals surface area contributed by atoms with Crippen LogP contribution in [0.3, 0.4) is 0 Å². The third-order valence-electron chi connectivity index (χ3n) is 5.50. The fourth-order valence-corrected chi connectivity index (χ4v) is 3.93. The highest BCUT2D eigenvalue weighted by molar-refractivity contribution is 6.05. The van der Waals surface area contributed by atoms with Crippen LogP contribution in [0.25, 0.3) is 11.0 Å². The Morgan fingerprint density at radius 3 is 2.62 bits per heavy atom. The summed E-state index contributed by atoms with van der Waals surface area (Å²) >= 11 is 0. The molecule has 7 heteroatoms. The third kappa shape index (κ3) is 3.58. The van der Waals surface area contributed by atoms with E-state index in [2.05, 4.69) is 9.97 Å². The number of fused-ring (bicyclic) bond motifs is 1. The molecule has 0 spiro atoms. The largest absolute Gasteiger partial charge is 0.497 e. The topological polar surface area (TPSA) is 67.7 Å². The minimum absolute atomic E-state index is 0.311. The lowest BCUT2D eigenvalue weighted by Crippen LogP contribution is -2.27. The molecular formula is C25H19FN4O2. The molecule has 1 atom stereocenters. The maximum atomic E-state index is 13.4. The molecule has 1 aliphatic heterocycles. The van der Waals surface area contributed by atoms with Crippen LogP contribution >= 0.6 is 0 Å². The van der Waals surface area contributed by atoms with Crippen molar-refractivity contribution in [3.8, 4) is 5.75 Å². The standard InChI is InChI=1S/C25H19FN4O2/c1-32-19-5-2-4-17(14-19)22-15-23(20-6-3-7-21-24(20)28-13-12-27-21)30(29-22)25(31)16-8-10-18(26)11-9-16/h2-14,23H,15H2,1H3. The van der Waals surface area contributed by atoms with Gasteiger partial charge < -0.3 is 4.74 Å². The second kappa shape index (κ2) is 8.19. The number of rotatable bonds is 4. The van der Waals surface area contributed by atoms with E-state index in [-0.39, 0.29) is 11.9 Å². The van der Waals surface area contributed by atoms with Crippen LogP contribution in [0.2, 0.25) is 0 Å². The monoisotopic (exact) mass is 426 g/mol. The number of hydrazone groups is 1. The summed E-state index contributed by atoms with van der Waals surface area (Å²) in [5.74, 6) is -0.000649. The van der Waals surface area contributed by atoms with Crippen LogP contribution in [0, 0.1) is 5.82 Å². The first-order valence-electron chi connectivity index (χ1n) is 10.1. The van der Waals surface area contributed by atoms with Crippen molar-refractivity contribution in [3.05, 3.63) is 102 Å². The number of para-hydroxylation sites is 1. The highest BCUT2D eigenvalue weighted by atomic mass is 19.1. The summed E-state index contributed by atoms with van der Waals surface area (Å²) in [5, 5.41) is 6.16. The molecule has 1 amide bonds. The lowest BCUT2D eigenvalue weighted by Gasteiger charge is -2.22. The number of aromatic nitrogens is 2. The van der Waals surface area contributed by atoms with Gasteiger partial charge in [0.05, 0.1) is 29.9 Å². The molecule has 4 aromatic rings. The Balaban J connectivity index is 1.61. The molecule has 2 heterocycles. The minimum Gasteiger partial charge on any atom is -0.497 e. The first-order valence-corrected chi connectivity index (χ1v) is 10.1. The number of nitrogens with zero attached hydrogens (tertiary/aromatic N) is 4. The maximum absolute atomic E-state index is 13.4. The average molecular weight is 426 g/mol. The number of hydrogen-bond donors (Lipinski definition) is 0. The molecule has 6 nitrogen and oxygen atoms in total. The molecule has 1 aromatic heterocycles. The fraction of sp³-hybridized carbons (Fsp3) is 0.120. The molecule has 0 N–H and O–H groups in total. The number of carbonyl (C=O) groups excluding carboxylic acids is 1. The van der Waals surface area contributed by atoms with Crippen LogP contribution in [0.1, 0.15) is 33.9 Å². The lowest BCUT2D eigenvalue weighted by atomic mass is 9.96. The molecule has 3 aromatic carbocycles. The van der Waals surface area contributed by atoms with Gasteiger partial charge in [-0.25, -0.2) is 9.40 Å². The van der Waals surface area contributed by atoms with Gasteiger partial charge in [0.25, 0.3) is 5.91 Å². The number of amides is 1. The summed E-state index contributed by atoms with van der Waals surface area (Å²) in [7, 11) is 1.61. The Morgan fingerprint density at radius 1 is 1.03 bits per heavy atom. The molecule has 0 fully saturated rings. The van der Waals surface area contributed by atoms with E-state index in [9.17, 15) is 9.18 Å². The molecule has 32 heavy (non-hydrogen) atoms. The predicted octanol–water partition coefficient (Wildman–Crippen LogP) is 4.77. The van der Waals surface area contributed by atoms with E-state index in [0.717, 1.165) is 27.9 Å². The van der Waals surface area contributed by atoms with Crippen molar-refractivity contribution in [2.24, 2.45) is 5.10 Å². The molecule has 0 radical (unpaired) electrons. The van der Waals surface area contributed by atoms with Gasteiger partial charge in [0.15, 0.2) is 0 Å². The van der Waals surface area contributed by atoms with Crippen molar-refractivity contribution in [3.63, 3.8) is 0 Å². The van der Waals surface area contributed by atoms with Crippen molar-refractivity contribution < 1.29 is 13.9 Å². The van der Waals surface area contributed by atoms with Crippen molar-refractivity contribution in [1.82, 2.24) is 15.0 Å². The molecule has 0 aliphatic carbocycles. The van der Waals surface area contributed by atoms with E-state index in [1.165, 1.54) is 29.3 Å². The van der Waals surface area contributed by atoms with Crippen LogP contribution in [-0.2, 0) is 0 Å². The van der Waals surface area contributed by atoms with Gasteiger partial charge in [0, 0.05) is 35.5 Å². The number of benzene rings is 3. The molecule has 1 aliphatic rings. The molecular weight excluding hydrogens is 407 g/mol. The molecule has 0 saturated carbocycles.